The number of carbonyl (C=O) groups is 1. The van der Waals surface area contributed by atoms with Gasteiger partial charge in [-0.3, -0.25) is 4.79 Å². The highest BCUT2D eigenvalue weighted by Gasteiger charge is 2.32. The van der Waals surface area contributed by atoms with Crippen molar-refractivity contribution in [1.29, 1.82) is 0 Å². The maximum atomic E-state index is 12.7. The lowest BCUT2D eigenvalue weighted by atomic mass is 10.1. The van der Waals surface area contributed by atoms with Crippen molar-refractivity contribution in [3.8, 4) is 0 Å². The predicted molar refractivity (Wildman–Crippen MR) is 111 cm³/mol. The summed E-state index contributed by atoms with van der Waals surface area (Å²) < 4.78 is 29.4. The molecule has 1 N–H and O–H groups in total. The molecular weight excluding hydrogens is 374 g/mol. The van der Waals surface area contributed by atoms with E-state index >= 15 is 0 Å². The van der Waals surface area contributed by atoms with Crippen molar-refractivity contribution in [2.45, 2.75) is 44.4 Å². The van der Waals surface area contributed by atoms with Crippen molar-refractivity contribution in [3.63, 3.8) is 0 Å². The molecule has 7 heteroatoms. The average molecular weight is 398 g/mol. The Morgan fingerprint density at radius 3 is 2.64 bits per heavy atom. The van der Waals surface area contributed by atoms with E-state index in [0.717, 1.165) is 36.9 Å². The van der Waals surface area contributed by atoms with Gasteiger partial charge in [-0.1, -0.05) is 12.5 Å². The Morgan fingerprint density at radius 2 is 1.86 bits per heavy atom. The van der Waals surface area contributed by atoms with Gasteiger partial charge in [-0.25, -0.2) is 0 Å². The maximum absolute atomic E-state index is 12.7. The molecule has 2 aliphatic heterocycles. The van der Waals surface area contributed by atoms with E-state index in [2.05, 4.69) is 9.71 Å². The molecule has 0 unspecified atom stereocenters. The van der Waals surface area contributed by atoms with Crippen LogP contribution in [0.25, 0.3) is 0 Å². The van der Waals surface area contributed by atoms with E-state index in [0.29, 0.717) is 29.2 Å². The lowest BCUT2D eigenvalue weighted by Crippen LogP contribution is -2.35. The number of amides is 1. The van der Waals surface area contributed by atoms with Crippen LogP contribution in [0.1, 0.15) is 47.2 Å². The number of carbonyl (C=O) groups excluding carboxylic acids is 1. The second kappa shape index (κ2) is 7.05. The van der Waals surface area contributed by atoms with Gasteiger partial charge in [-0.05, 0) is 68.1 Å². The van der Waals surface area contributed by atoms with Crippen LogP contribution in [0.3, 0.4) is 0 Å². The fourth-order valence-corrected chi connectivity index (χ4v) is 4.93. The maximum Gasteiger partial charge on any atom is 0.286 e. The van der Waals surface area contributed by atoms with Crippen LogP contribution in [0.2, 0.25) is 0 Å². The minimum Gasteiger partial charge on any atom is -0.328 e. The van der Waals surface area contributed by atoms with Gasteiger partial charge >= 0.3 is 0 Å². The average Bonchev–Trinajstić information content (AvgIpc) is 2.89. The molecule has 0 radical (unpaired) electrons. The van der Waals surface area contributed by atoms with Crippen LogP contribution in [0.15, 0.2) is 45.7 Å². The fourth-order valence-electron chi connectivity index (χ4n) is 3.64. The summed E-state index contributed by atoms with van der Waals surface area (Å²) in [6, 6.07) is 10.5. The van der Waals surface area contributed by atoms with Crippen molar-refractivity contribution < 1.29 is 13.2 Å². The molecule has 0 saturated carbocycles. The summed E-state index contributed by atoms with van der Waals surface area (Å²) >= 11 is 0. The molecule has 4 rings (SSSR count). The van der Waals surface area contributed by atoms with E-state index < -0.39 is 10.0 Å². The highest BCUT2D eigenvalue weighted by molar-refractivity contribution is 7.90. The summed E-state index contributed by atoms with van der Waals surface area (Å²) in [5, 5.41) is 2.84. The third-order valence-electron chi connectivity index (χ3n) is 5.37. The van der Waals surface area contributed by atoms with E-state index in [1.807, 2.05) is 36.9 Å². The minimum absolute atomic E-state index is 0.103. The molecule has 0 bridgehead atoms. The van der Waals surface area contributed by atoms with Crippen molar-refractivity contribution >= 4 is 33.1 Å². The number of nitrogens with zero attached hydrogens (tertiary/aromatic N) is 2. The van der Waals surface area contributed by atoms with Gasteiger partial charge in [0.25, 0.3) is 15.9 Å². The molecule has 6 nitrogen and oxygen atoms in total. The quantitative estimate of drug-likeness (QED) is 0.830. The number of rotatable bonds is 2. The van der Waals surface area contributed by atoms with Gasteiger partial charge in [-0.15, -0.1) is 4.40 Å². The van der Waals surface area contributed by atoms with Crippen molar-refractivity contribution in [3.05, 3.63) is 53.1 Å². The molecule has 2 heterocycles. The summed E-state index contributed by atoms with van der Waals surface area (Å²) in [6.45, 7) is 4.73. The van der Waals surface area contributed by atoms with E-state index in [1.54, 1.807) is 12.1 Å². The van der Waals surface area contributed by atoms with E-state index in [4.69, 9.17) is 0 Å². The van der Waals surface area contributed by atoms with E-state index in [9.17, 15) is 13.2 Å². The molecular formula is C21H23N3O3S. The fraction of sp³-hybridized carbons (Fsp3) is 0.333. The summed E-state index contributed by atoms with van der Waals surface area (Å²) in [5.74, 6) is 0.268. The minimum atomic E-state index is -3.80. The standard InChI is InChI=1S/C21H23N3O3S/c1-14-7-9-17(12-15(14)2)22-21(25)16-8-10-18-19(13-16)28(26,27)23-20-6-4-3-5-11-24(18)20/h7-10,12-13H,3-6,11H2,1-2H3,(H,22,25). The third kappa shape index (κ3) is 3.42. The van der Waals surface area contributed by atoms with E-state index in [-0.39, 0.29) is 10.8 Å². The Kier molecular flexibility index (Phi) is 4.71. The summed E-state index contributed by atoms with van der Waals surface area (Å²) in [7, 11) is -3.80. The van der Waals surface area contributed by atoms with Crippen molar-refractivity contribution in [1.82, 2.24) is 0 Å². The highest BCUT2D eigenvalue weighted by Crippen LogP contribution is 2.35. The number of benzene rings is 2. The van der Waals surface area contributed by atoms with Crippen LogP contribution >= 0.6 is 0 Å². The second-order valence-electron chi connectivity index (χ2n) is 7.38. The zero-order valence-corrected chi connectivity index (χ0v) is 16.8. The number of hydrogen-bond acceptors (Lipinski definition) is 4. The highest BCUT2D eigenvalue weighted by atomic mass is 32.2. The van der Waals surface area contributed by atoms with Gasteiger partial charge in [0.2, 0.25) is 0 Å². The second-order valence-corrected chi connectivity index (χ2v) is 8.95. The molecule has 1 amide bonds. The van der Waals surface area contributed by atoms with Crippen LogP contribution < -0.4 is 10.2 Å². The van der Waals surface area contributed by atoms with Crippen LogP contribution in [-0.4, -0.2) is 26.7 Å². The molecule has 0 atom stereocenters. The Bertz CT molecular complexity index is 1090. The Hall–Kier alpha value is -2.67. The van der Waals surface area contributed by atoms with Crippen LogP contribution in [0.4, 0.5) is 11.4 Å². The number of hydrogen-bond donors (Lipinski definition) is 1. The van der Waals surface area contributed by atoms with Gasteiger partial charge in [-0.2, -0.15) is 8.42 Å². The molecule has 1 saturated heterocycles. The number of aryl methyl sites for hydroxylation is 2. The molecule has 0 aliphatic carbocycles. The predicted octanol–water partition coefficient (Wildman–Crippen LogP) is 4.04. The van der Waals surface area contributed by atoms with Crippen molar-refractivity contribution in [2.24, 2.45) is 4.40 Å². The van der Waals surface area contributed by atoms with Gasteiger partial charge in [0.15, 0.2) is 0 Å². The van der Waals surface area contributed by atoms with Crippen LogP contribution in [-0.2, 0) is 10.0 Å². The summed E-state index contributed by atoms with van der Waals surface area (Å²) in [4.78, 5) is 14.8. The third-order valence-corrected chi connectivity index (χ3v) is 6.71. The summed E-state index contributed by atoms with van der Waals surface area (Å²) in [5.41, 5.74) is 3.82. The Labute approximate surface area is 165 Å². The zero-order chi connectivity index (χ0) is 19.9. The van der Waals surface area contributed by atoms with Gasteiger partial charge in [0.1, 0.15) is 10.7 Å². The first-order valence-corrected chi connectivity index (χ1v) is 10.9. The molecule has 146 valence electrons. The normalized spacial score (nSPS) is 17.8. The van der Waals surface area contributed by atoms with E-state index in [1.165, 1.54) is 6.07 Å². The lowest BCUT2D eigenvalue weighted by molar-refractivity contribution is 0.102. The number of sulfonamides is 1. The monoisotopic (exact) mass is 397 g/mol. The molecule has 0 spiro atoms. The van der Waals surface area contributed by atoms with Crippen LogP contribution in [0.5, 0.6) is 0 Å². The molecule has 2 aliphatic rings. The first-order chi connectivity index (χ1) is 13.3. The van der Waals surface area contributed by atoms with Crippen molar-refractivity contribution in [2.75, 3.05) is 16.8 Å². The molecule has 0 aromatic heterocycles. The molecule has 1 fully saturated rings. The SMILES string of the molecule is Cc1ccc(NC(=O)c2ccc3c(c2)S(=O)(=O)N=C2CCCCCN23)cc1C. The van der Waals surface area contributed by atoms with Crippen LogP contribution in [0, 0.1) is 13.8 Å². The van der Waals surface area contributed by atoms with Gasteiger partial charge in [0.05, 0.1) is 5.69 Å². The van der Waals surface area contributed by atoms with Gasteiger partial charge in [0, 0.05) is 24.2 Å². The summed E-state index contributed by atoms with van der Waals surface area (Å²) in [6.07, 6.45) is 3.65. The number of anilines is 2. The first-order valence-electron chi connectivity index (χ1n) is 9.49. The number of nitrogens with one attached hydrogen (secondary N) is 1. The zero-order valence-electron chi connectivity index (χ0n) is 16.0. The van der Waals surface area contributed by atoms with Gasteiger partial charge < -0.3 is 10.2 Å². The topological polar surface area (TPSA) is 78.8 Å². The number of fused-ring (bicyclic) bond motifs is 3. The Balaban J connectivity index is 1.67. The molecule has 28 heavy (non-hydrogen) atoms. The first kappa shape index (κ1) is 18.7. The lowest BCUT2D eigenvalue weighted by Gasteiger charge is -2.29. The Morgan fingerprint density at radius 1 is 1.04 bits per heavy atom. The smallest absolute Gasteiger partial charge is 0.286 e. The largest absolute Gasteiger partial charge is 0.328 e. The molecule has 2 aromatic carbocycles. The number of amidine groups is 1. The molecule has 2 aromatic rings.